The van der Waals surface area contributed by atoms with Crippen LogP contribution in [0.15, 0.2) is 0 Å². The molecule has 1 atom stereocenters. The van der Waals surface area contributed by atoms with E-state index in [4.69, 9.17) is 0 Å². The summed E-state index contributed by atoms with van der Waals surface area (Å²) in [7, 11) is 0. The summed E-state index contributed by atoms with van der Waals surface area (Å²) >= 11 is 0. The van der Waals surface area contributed by atoms with Crippen LogP contribution in [0.5, 0.6) is 0 Å². The Labute approximate surface area is 102 Å². The van der Waals surface area contributed by atoms with Crippen LogP contribution in [0.2, 0.25) is 0 Å². The normalized spacial score (nSPS) is 21.6. The summed E-state index contributed by atoms with van der Waals surface area (Å²) in [4.78, 5) is 2.66. The lowest BCUT2D eigenvalue weighted by molar-refractivity contribution is 0.140. The number of likely N-dealkylation sites (tertiary alicyclic amines) is 1. The van der Waals surface area contributed by atoms with Gasteiger partial charge in [0, 0.05) is 6.04 Å². The molecular weight excluding hydrogens is 196 g/mol. The number of hydrogen-bond donors (Lipinski definition) is 1. The van der Waals surface area contributed by atoms with E-state index >= 15 is 0 Å². The molecule has 0 radical (unpaired) electrons. The molecule has 0 amide bonds. The minimum atomic E-state index is 0.757. The molecule has 1 heterocycles. The summed E-state index contributed by atoms with van der Waals surface area (Å²) in [6, 6.07) is 0.757. The number of nitrogens with zero attached hydrogens (tertiary/aromatic N) is 1. The first kappa shape index (κ1) is 14.0. The first-order valence-corrected chi connectivity index (χ1v) is 7.04. The van der Waals surface area contributed by atoms with Crippen molar-refractivity contribution in [3.05, 3.63) is 0 Å². The molecule has 0 aromatic rings. The Morgan fingerprint density at radius 1 is 1.19 bits per heavy atom. The maximum absolute atomic E-state index is 3.54. The Kier molecular flexibility index (Phi) is 6.37. The molecule has 1 aliphatic heterocycles. The van der Waals surface area contributed by atoms with Crippen molar-refractivity contribution in [2.45, 2.75) is 53.0 Å². The molecule has 0 aromatic carbocycles. The summed E-state index contributed by atoms with van der Waals surface area (Å²) < 4.78 is 0. The Balaban J connectivity index is 2.08. The van der Waals surface area contributed by atoms with Crippen LogP contribution < -0.4 is 5.32 Å². The van der Waals surface area contributed by atoms with Crippen molar-refractivity contribution in [3.8, 4) is 0 Å². The third-order valence-electron chi connectivity index (χ3n) is 3.73. The topological polar surface area (TPSA) is 15.3 Å². The zero-order valence-corrected chi connectivity index (χ0v) is 11.6. The van der Waals surface area contributed by atoms with E-state index in [0.29, 0.717) is 0 Å². The molecule has 0 saturated carbocycles. The van der Waals surface area contributed by atoms with Gasteiger partial charge in [-0.05, 0) is 64.2 Å². The van der Waals surface area contributed by atoms with Gasteiger partial charge in [0.1, 0.15) is 0 Å². The van der Waals surface area contributed by atoms with E-state index in [9.17, 15) is 0 Å². The van der Waals surface area contributed by atoms with Crippen molar-refractivity contribution in [1.82, 2.24) is 10.2 Å². The zero-order valence-electron chi connectivity index (χ0n) is 11.6. The third-order valence-corrected chi connectivity index (χ3v) is 3.73. The van der Waals surface area contributed by atoms with Crippen LogP contribution in [-0.2, 0) is 0 Å². The van der Waals surface area contributed by atoms with Gasteiger partial charge in [-0.1, -0.05) is 20.8 Å². The molecule has 0 spiro atoms. The molecule has 1 fully saturated rings. The van der Waals surface area contributed by atoms with E-state index in [0.717, 1.165) is 24.4 Å². The third kappa shape index (κ3) is 5.31. The van der Waals surface area contributed by atoms with E-state index < -0.39 is 0 Å². The largest absolute Gasteiger partial charge is 0.316 e. The average Bonchev–Trinajstić information content (AvgIpc) is 2.25. The molecule has 0 bridgehead atoms. The first-order valence-electron chi connectivity index (χ1n) is 7.04. The standard InChI is InChI=1S/C14H30N2/c1-12(2)11-15-8-5-14(4)16-9-6-13(3)7-10-16/h12-15H,5-11H2,1-4H3. The van der Waals surface area contributed by atoms with Gasteiger partial charge in [0.05, 0.1) is 0 Å². The lowest BCUT2D eigenvalue weighted by atomic mass is 9.97. The molecule has 1 N–H and O–H groups in total. The summed E-state index contributed by atoms with van der Waals surface area (Å²) in [5.74, 6) is 1.72. The van der Waals surface area contributed by atoms with Crippen molar-refractivity contribution in [3.63, 3.8) is 0 Å². The highest BCUT2D eigenvalue weighted by Gasteiger charge is 2.19. The molecule has 96 valence electrons. The Morgan fingerprint density at radius 3 is 2.38 bits per heavy atom. The number of rotatable bonds is 6. The van der Waals surface area contributed by atoms with Crippen LogP contribution in [0.1, 0.15) is 47.0 Å². The average molecular weight is 226 g/mol. The van der Waals surface area contributed by atoms with E-state index in [1.54, 1.807) is 0 Å². The van der Waals surface area contributed by atoms with Gasteiger partial charge in [-0.25, -0.2) is 0 Å². The Hall–Kier alpha value is -0.0800. The summed E-state index contributed by atoms with van der Waals surface area (Å²) in [5.41, 5.74) is 0. The molecule has 1 unspecified atom stereocenters. The molecular formula is C14H30N2. The lowest BCUT2D eigenvalue weighted by Gasteiger charge is -2.35. The van der Waals surface area contributed by atoms with Crippen LogP contribution in [0.4, 0.5) is 0 Å². The maximum Gasteiger partial charge on any atom is 0.00790 e. The van der Waals surface area contributed by atoms with Crippen molar-refractivity contribution < 1.29 is 0 Å². The molecule has 1 saturated heterocycles. The monoisotopic (exact) mass is 226 g/mol. The minimum absolute atomic E-state index is 0.757. The van der Waals surface area contributed by atoms with Gasteiger partial charge in [-0.15, -0.1) is 0 Å². The second-order valence-electron chi connectivity index (χ2n) is 5.95. The quantitative estimate of drug-likeness (QED) is 0.701. The molecule has 1 rings (SSSR count). The highest BCUT2D eigenvalue weighted by atomic mass is 15.2. The summed E-state index contributed by atoms with van der Waals surface area (Å²) in [6.07, 6.45) is 4.08. The lowest BCUT2D eigenvalue weighted by Crippen LogP contribution is -2.40. The molecule has 0 aromatic heterocycles. The summed E-state index contributed by atoms with van der Waals surface area (Å²) in [5, 5.41) is 3.54. The predicted molar refractivity (Wildman–Crippen MR) is 71.8 cm³/mol. The molecule has 0 aliphatic carbocycles. The Bertz CT molecular complexity index is 172. The van der Waals surface area contributed by atoms with Crippen molar-refractivity contribution in [2.24, 2.45) is 11.8 Å². The van der Waals surface area contributed by atoms with Gasteiger partial charge in [-0.2, -0.15) is 0 Å². The van der Waals surface area contributed by atoms with Crippen molar-refractivity contribution in [2.75, 3.05) is 26.2 Å². The molecule has 2 nitrogen and oxygen atoms in total. The SMILES string of the molecule is CC(C)CNCCC(C)N1CCC(C)CC1. The second kappa shape index (κ2) is 7.29. The van der Waals surface area contributed by atoms with Crippen LogP contribution in [-0.4, -0.2) is 37.1 Å². The van der Waals surface area contributed by atoms with Crippen LogP contribution in [0.3, 0.4) is 0 Å². The van der Waals surface area contributed by atoms with Gasteiger partial charge in [-0.3, -0.25) is 0 Å². The fraction of sp³-hybridized carbons (Fsp3) is 1.00. The van der Waals surface area contributed by atoms with Crippen LogP contribution in [0, 0.1) is 11.8 Å². The van der Waals surface area contributed by atoms with E-state index in [2.05, 4.69) is 37.9 Å². The number of nitrogens with one attached hydrogen (secondary N) is 1. The van der Waals surface area contributed by atoms with Crippen LogP contribution in [0.25, 0.3) is 0 Å². The summed E-state index contributed by atoms with van der Waals surface area (Å²) in [6.45, 7) is 14.2. The van der Waals surface area contributed by atoms with E-state index in [1.807, 2.05) is 0 Å². The minimum Gasteiger partial charge on any atom is -0.316 e. The van der Waals surface area contributed by atoms with E-state index in [1.165, 1.54) is 38.9 Å². The first-order chi connectivity index (χ1) is 7.59. The highest BCUT2D eigenvalue weighted by molar-refractivity contribution is 4.74. The van der Waals surface area contributed by atoms with Gasteiger partial charge in [0.15, 0.2) is 0 Å². The van der Waals surface area contributed by atoms with Gasteiger partial charge in [0.2, 0.25) is 0 Å². The van der Waals surface area contributed by atoms with Gasteiger partial charge in [0.25, 0.3) is 0 Å². The highest BCUT2D eigenvalue weighted by Crippen LogP contribution is 2.18. The molecule has 2 heteroatoms. The second-order valence-corrected chi connectivity index (χ2v) is 5.95. The fourth-order valence-corrected chi connectivity index (χ4v) is 2.35. The number of hydrogen-bond acceptors (Lipinski definition) is 2. The zero-order chi connectivity index (χ0) is 12.0. The van der Waals surface area contributed by atoms with E-state index in [-0.39, 0.29) is 0 Å². The van der Waals surface area contributed by atoms with Gasteiger partial charge < -0.3 is 10.2 Å². The maximum atomic E-state index is 3.54. The van der Waals surface area contributed by atoms with Crippen LogP contribution >= 0.6 is 0 Å². The van der Waals surface area contributed by atoms with Crippen molar-refractivity contribution >= 4 is 0 Å². The molecule has 16 heavy (non-hydrogen) atoms. The molecule has 1 aliphatic rings. The predicted octanol–water partition coefficient (Wildman–Crippen LogP) is 2.74. The Morgan fingerprint density at radius 2 is 1.81 bits per heavy atom. The van der Waals surface area contributed by atoms with Crippen molar-refractivity contribution in [1.29, 1.82) is 0 Å². The fourth-order valence-electron chi connectivity index (χ4n) is 2.35. The van der Waals surface area contributed by atoms with Gasteiger partial charge >= 0.3 is 0 Å². The smallest absolute Gasteiger partial charge is 0.00790 e. The number of piperidine rings is 1.